The van der Waals surface area contributed by atoms with Crippen molar-refractivity contribution < 1.29 is 9.84 Å². The average molecular weight is 387 g/mol. The minimum absolute atomic E-state index is 0.0279. The van der Waals surface area contributed by atoms with Gasteiger partial charge in [-0.05, 0) is 12.0 Å². The summed E-state index contributed by atoms with van der Waals surface area (Å²) < 4.78 is 5.74. The monoisotopic (exact) mass is 386 g/mol. The molecule has 1 rings (SSSR count). The maximum absolute atomic E-state index is 9.43. The molecule has 28 heavy (non-hydrogen) atoms. The second-order valence-electron chi connectivity index (χ2n) is 7.80. The van der Waals surface area contributed by atoms with Crippen molar-refractivity contribution in [2.24, 2.45) is 0 Å². The summed E-state index contributed by atoms with van der Waals surface area (Å²) in [6, 6.07) is 10.1. The van der Waals surface area contributed by atoms with Crippen molar-refractivity contribution in [2.45, 2.75) is 110 Å². The first-order valence-electron chi connectivity index (χ1n) is 11.6. The molecule has 0 spiro atoms. The van der Waals surface area contributed by atoms with Gasteiger partial charge in [0, 0.05) is 12.8 Å². The van der Waals surface area contributed by atoms with E-state index in [-0.39, 0.29) is 12.7 Å². The normalized spacial score (nSPS) is 11.8. The summed E-state index contributed by atoms with van der Waals surface area (Å²) >= 11 is 0. The van der Waals surface area contributed by atoms with Crippen LogP contribution in [-0.4, -0.2) is 17.8 Å². The molecule has 0 aromatic heterocycles. The third kappa shape index (κ3) is 14.7. The molecule has 1 atom stereocenters. The Morgan fingerprint density at radius 3 is 1.93 bits per heavy atom. The highest BCUT2D eigenvalue weighted by molar-refractivity contribution is 5.13. The fourth-order valence-corrected chi connectivity index (χ4v) is 3.29. The molecule has 1 aromatic rings. The molecule has 0 radical (unpaired) electrons. The summed E-state index contributed by atoms with van der Waals surface area (Å²) in [6.07, 6.45) is 17.9. The van der Waals surface area contributed by atoms with Gasteiger partial charge in [0.05, 0.1) is 19.3 Å². The highest BCUT2D eigenvalue weighted by atomic mass is 16.5. The number of hydrogen-bond donors (Lipinski definition) is 1. The lowest BCUT2D eigenvalue weighted by molar-refractivity contribution is 0.00599. The molecule has 0 fully saturated rings. The van der Waals surface area contributed by atoms with Gasteiger partial charge in [0.25, 0.3) is 0 Å². The molecule has 0 saturated heterocycles. The van der Waals surface area contributed by atoms with Crippen LogP contribution in [0.1, 0.15) is 102 Å². The van der Waals surface area contributed by atoms with Crippen LogP contribution in [0.15, 0.2) is 30.3 Å². The lowest BCUT2D eigenvalue weighted by Crippen LogP contribution is -2.16. The van der Waals surface area contributed by atoms with Crippen LogP contribution in [0.25, 0.3) is 0 Å². The van der Waals surface area contributed by atoms with Crippen LogP contribution >= 0.6 is 0 Å². The van der Waals surface area contributed by atoms with E-state index >= 15 is 0 Å². The van der Waals surface area contributed by atoms with Crippen LogP contribution in [0.3, 0.4) is 0 Å². The Kier molecular flexibility index (Phi) is 16.8. The van der Waals surface area contributed by atoms with Gasteiger partial charge in [-0.1, -0.05) is 108 Å². The van der Waals surface area contributed by atoms with Gasteiger partial charge >= 0.3 is 0 Å². The zero-order valence-electron chi connectivity index (χ0n) is 18.1. The lowest BCUT2D eigenvalue weighted by atomic mass is 10.0. The number of hydrogen-bond acceptors (Lipinski definition) is 2. The smallest absolute Gasteiger partial charge is 0.0919 e. The van der Waals surface area contributed by atoms with Crippen molar-refractivity contribution in [3.05, 3.63) is 35.9 Å². The fourth-order valence-electron chi connectivity index (χ4n) is 3.29. The second kappa shape index (κ2) is 19.0. The van der Waals surface area contributed by atoms with Gasteiger partial charge in [0.1, 0.15) is 0 Å². The van der Waals surface area contributed by atoms with Crippen LogP contribution in [0, 0.1) is 11.8 Å². The van der Waals surface area contributed by atoms with Crippen molar-refractivity contribution >= 4 is 0 Å². The van der Waals surface area contributed by atoms with Gasteiger partial charge in [0.15, 0.2) is 0 Å². The molecule has 2 heteroatoms. The molecule has 0 saturated carbocycles. The van der Waals surface area contributed by atoms with Gasteiger partial charge in [0.2, 0.25) is 0 Å². The lowest BCUT2D eigenvalue weighted by Gasteiger charge is -2.12. The molecule has 0 bridgehead atoms. The number of unbranched alkanes of at least 4 members (excludes halogenated alkanes) is 12. The predicted molar refractivity (Wildman–Crippen MR) is 120 cm³/mol. The van der Waals surface area contributed by atoms with Crippen molar-refractivity contribution in [2.75, 3.05) is 6.61 Å². The first-order valence-corrected chi connectivity index (χ1v) is 11.6. The van der Waals surface area contributed by atoms with E-state index in [0.717, 1.165) is 12.0 Å². The van der Waals surface area contributed by atoms with Gasteiger partial charge in [-0.2, -0.15) is 0 Å². The Hall–Kier alpha value is -1.30. The van der Waals surface area contributed by atoms with Gasteiger partial charge < -0.3 is 9.84 Å². The molecule has 2 nitrogen and oxygen atoms in total. The topological polar surface area (TPSA) is 29.5 Å². The quantitative estimate of drug-likeness (QED) is 0.230. The maximum atomic E-state index is 9.43. The Morgan fingerprint density at radius 1 is 0.786 bits per heavy atom. The summed E-state index contributed by atoms with van der Waals surface area (Å²) in [4.78, 5) is 0. The van der Waals surface area contributed by atoms with Crippen molar-refractivity contribution in [3.8, 4) is 11.8 Å². The summed E-state index contributed by atoms with van der Waals surface area (Å²) in [5, 5.41) is 9.43. The maximum Gasteiger partial charge on any atom is 0.0919 e. The molecule has 0 amide bonds. The second-order valence-corrected chi connectivity index (χ2v) is 7.80. The van der Waals surface area contributed by atoms with Crippen LogP contribution < -0.4 is 0 Å². The molecule has 0 heterocycles. The number of rotatable bonds is 17. The van der Waals surface area contributed by atoms with Crippen molar-refractivity contribution in [1.82, 2.24) is 0 Å². The molecule has 158 valence electrons. The molecular formula is C26H42O2. The Labute approximate surface area is 174 Å². The van der Waals surface area contributed by atoms with Gasteiger partial charge in [-0.25, -0.2) is 0 Å². The molecule has 1 aromatic carbocycles. The van der Waals surface area contributed by atoms with E-state index in [1.807, 2.05) is 30.3 Å². The predicted octanol–water partition coefficient (Wildman–Crippen LogP) is 7.05. The number of benzene rings is 1. The molecule has 0 aliphatic carbocycles. The summed E-state index contributed by atoms with van der Waals surface area (Å²) in [7, 11) is 0. The van der Waals surface area contributed by atoms with E-state index in [0.29, 0.717) is 13.0 Å². The SMILES string of the molecule is CCCCCCCCCCCCCCC#CC[C@H](CO)OCc1ccccc1. The van der Waals surface area contributed by atoms with Gasteiger partial charge in [-0.15, -0.1) is 11.8 Å². The summed E-state index contributed by atoms with van der Waals surface area (Å²) in [5.74, 6) is 6.42. The summed E-state index contributed by atoms with van der Waals surface area (Å²) in [6.45, 7) is 2.84. The molecule has 1 N–H and O–H groups in total. The molecular weight excluding hydrogens is 344 g/mol. The van der Waals surface area contributed by atoms with E-state index in [1.54, 1.807) is 0 Å². The zero-order chi connectivity index (χ0) is 20.1. The highest BCUT2D eigenvalue weighted by Gasteiger charge is 2.05. The fraction of sp³-hybridized carbons (Fsp3) is 0.692. The van der Waals surface area contributed by atoms with E-state index < -0.39 is 0 Å². The zero-order valence-corrected chi connectivity index (χ0v) is 18.1. The number of aliphatic hydroxyl groups is 1. The molecule has 0 unspecified atom stereocenters. The first kappa shape index (κ1) is 24.7. The van der Waals surface area contributed by atoms with Crippen LogP contribution in [0.5, 0.6) is 0 Å². The van der Waals surface area contributed by atoms with E-state index in [1.165, 1.54) is 77.0 Å². The third-order valence-electron chi connectivity index (χ3n) is 5.14. The molecule has 0 aliphatic rings. The first-order chi connectivity index (χ1) is 13.9. The number of aliphatic hydroxyl groups excluding tert-OH is 1. The van der Waals surface area contributed by atoms with E-state index in [9.17, 15) is 5.11 Å². The Balaban J connectivity index is 1.91. The van der Waals surface area contributed by atoms with Crippen LogP contribution in [0.2, 0.25) is 0 Å². The molecule has 0 aliphatic heterocycles. The van der Waals surface area contributed by atoms with E-state index in [4.69, 9.17) is 4.74 Å². The van der Waals surface area contributed by atoms with Crippen LogP contribution in [0.4, 0.5) is 0 Å². The largest absolute Gasteiger partial charge is 0.394 e. The Morgan fingerprint density at radius 2 is 1.36 bits per heavy atom. The average Bonchev–Trinajstić information content (AvgIpc) is 2.73. The van der Waals surface area contributed by atoms with Crippen molar-refractivity contribution in [1.29, 1.82) is 0 Å². The highest BCUT2D eigenvalue weighted by Crippen LogP contribution is 2.12. The standard InChI is InChI=1S/C26H42O2/c1-2-3-4-5-6-7-8-9-10-11-12-13-14-15-19-22-26(23-27)28-24-25-20-17-16-18-21-25/h16-18,20-21,26-27H,2-14,22-24H2,1H3/t26-/m1/s1. The third-order valence-corrected chi connectivity index (χ3v) is 5.14. The summed E-state index contributed by atoms with van der Waals surface area (Å²) in [5.41, 5.74) is 1.13. The Bertz CT molecular complexity index is 500. The van der Waals surface area contributed by atoms with Crippen molar-refractivity contribution in [3.63, 3.8) is 0 Å². The minimum Gasteiger partial charge on any atom is -0.394 e. The van der Waals surface area contributed by atoms with Gasteiger partial charge in [-0.3, -0.25) is 0 Å². The van der Waals surface area contributed by atoms with Crippen LogP contribution in [-0.2, 0) is 11.3 Å². The minimum atomic E-state index is -0.185. The number of ether oxygens (including phenoxy) is 1. The van der Waals surface area contributed by atoms with E-state index in [2.05, 4.69) is 18.8 Å².